The summed E-state index contributed by atoms with van der Waals surface area (Å²) in [7, 11) is 0. The molecule has 1 aliphatic rings. The fourth-order valence-corrected chi connectivity index (χ4v) is 2.28. The molecular weight excluding hydrogens is 292 g/mol. The van der Waals surface area contributed by atoms with Gasteiger partial charge in [0, 0.05) is 6.42 Å². The zero-order chi connectivity index (χ0) is 16.3. The fourth-order valence-electron chi connectivity index (χ4n) is 2.28. The van der Waals surface area contributed by atoms with Gasteiger partial charge in [0.1, 0.15) is 0 Å². The number of aliphatic hydroxyl groups is 2. The van der Waals surface area contributed by atoms with Crippen LogP contribution in [0.4, 0.5) is 0 Å². The maximum absolute atomic E-state index is 11.6. The van der Waals surface area contributed by atoms with Gasteiger partial charge in [-0.15, -0.1) is 0 Å². The van der Waals surface area contributed by atoms with Crippen molar-refractivity contribution >= 4 is 11.9 Å². The Bertz CT molecular complexity index is 583. The third-order valence-electron chi connectivity index (χ3n) is 3.49. The Hall–Kier alpha value is -2.22. The number of ether oxygens (including phenoxy) is 1. The molecule has 1 unspecified atom stereocenters. The Morgan fingerprint density at radius 1 is 1.18 bits per heavy atom. The minimum absolute atomic E-state index is 0.282. The van der Waals surface area contributed by atoms with Crippen LogP contribution in [-0.4, -0.2) is 50.2 Å². The molecule has 0 saturated heterocycles. The number of benzene rings is 1. The molecule has 2 rings (SSSR count). The van der Waals surface area contributed by atoms with Crippen molar-refractivity contribution < 1.29 is 34.8 Å². The number of hydrogen-bond acceptors (Lipinski definition) is 5. The maximum Gasteiger partial charge on any atom is 0.340 e. The topological polar surface area (TPSA) is 124 Å². The molecule has 7 heteroatoms. The second kappa shape index (κ2) is 6.27. The Balaban J connectivity index is 2.36. The van der Waals surface area contributed by atoms with E-state index in [4.69, 9.17) is 4.74 Å². The molecule has 0 fully saturated rings. The van der Waals surface area contributed by atoms with E-state index >= 15 is 0 Å². The fraction of sp³-hybridized carbons (Fsp3) is 0.333. The van der Waals surface area contributed by atoms with Gasteiger partial charge < -0.3 is 25.2 Å². The second-order valence-electron chi connectivity index (χ2n) is 5.06. The van der Waals surface area contributed by atoms with Crippen LogP contribution in [0.5, 0.6) is 0 Å². The minimum Gasteiger partial charge on any atom is -0.479 e. The molecule has 1 aromatic carbocycles. The molecule has 0 aromatic heterocycles. The van der Waals surface area contributed by atoms with Gasteiger partial charge in [-0.3, -0.25) is 0 Å². The highest BCUT2D eigenvalue weighted by molar-refractivity contribution is 5.82. The highest BCUT2D eigenvalue weighted by atomic mass is 16.6. The molecule has 1 aliphatic carbocycles. The van der Waals surface area contributed by atoms with Crippen molar-refractivity contribution in [3.05, 3.63) is 48.0 Å². The zero-order valence-electron chi connectivity index (χ0n) is 11.5. The molecule has 4 atom stereocenters. The molecule has 0 bridgehead atoms. The van der Waals surface area contributed by atoms with E-state index in [1.807, 2.05) is 0 Å². The standard InChI is InChI=1S/C15H16O7/c16-10-6-7-15(14(20)21,8-11(10)17)22-12(13(18)19)9-4-2-1-3-5-9/h1-7,10-12,16-17H,8H2,(H,18,19)(H,20,21)/t10-,11-,12?,15+/m1/s1. The van der Waals surface area contributed by atoms with E-state index in [9.17, 15) is 30.0 Å². The molecular formula is C15H16O7. The van der Waals surface area contributed by atoms with Crippen molar-refractivity contribution in [3.63, 3.8) is 0 Å². The lowest BCUT2D eigenvalue weighted by Gasteiger charge is -2.35. The van der Waals surface area contributed by atoms with Crippen molar-refractivity contribution in [2.45, 2.75) is 30.3 Å². The van der Waals surface area contributed by atoms with Gasteiger partial charge in [0.25, 0.3) is 0 Å². The number of rotatable bonds is 5. The first kappa shape index (κ1) is 16.2. The molecule has 1 aromatic rings. The van der Waals surface area contributed by atoms with Crippen LogP contribution < -0.4 is 0 Å². The summed E-state index contributed by atoms with van der Waals surface area (Å²) in [5, 5.41) is 37.9. The van der Waals surface area contributed by atoms with Crippen molar-refractivity contribution in [1.29, 1.82) is 0 Å². The van der Waals surface area contributed by atoms with Crippen LogP contribution in [0.3, 0.4) is 0 Å². The Kier molecular flexibility index (Phi) is 4.60. The number of carboxylic acid groups (broad SMARTS) is 2. The van der Waals surface area contributed by atoms with E-state index in [0.29, 0.717) is 0 Å². The minimum atomic E-state index is -2.02. The summed E-state index contributed by atoms with van der Waals surface area (Å²) in [6.45, 7) is 0. The average Bonchev–Trinajstić information content (AvgIpc) is 2.49. The van der Waals surface area contributed by atoms with E-state index in [1.54, 1.807) is 18.2 Å². The molecule has 0 aliphatic heterocycles. The number of carboxylic acids is 2. The van der Waals surface area contributed by atoms with Crippen molar-refractivity contribution in [3.8, 4) is 0 Å². The van der Waals surface area contributed by atoms with Crippen LogP contribution in [0, 0.1) is 0 Å². The molecule has 4 N–H and O–H groups in total. The zero-order valence-corrected chi connectivity index (χ0v) is 11.5. The third-order valence-corrected chi connectivity index (χ3v) is 3.49. The number of carbonyl (C=O) groups is 2. The monoisotopic (exact) mass is 308 g/mol. The van der Waals surface area contributed by atoms with Crippen LogP contribution in [-0.2, 0) is 14.3 Å². The number of hydrogen-bond donors (Lipinski definition) is 4. The normalized spacial score (nSPS) is 29.0. The largest absolute Gasteiger partial charge is 0.479 e. The summed E-state index contributed by atoms with van der Waals surface area (Å²) in [6, 6.07) is 7.92. The molecule has 0 heterocycles. The SMILES string of the molecule is O=C(O)C(O[C@@]1(C(=O)O)C=C[C@@H](O)[C@H](O)C1)c1ccccc1. The third kappa shape index (κ3) is 3.16. The number of aliphatic carboxylic acids is 2. The summed E-state index contributed by atoms with van der Waals surface area (Å²) in [5.74, 6) is -2.78. The Morgan fingerprint density at radius 2 is 1.82 bits per heavy atom. The van der Waals surface area contributed by atoms with Gasteiger partial charge in [-0.25, -0.2) is 9.59 Å². The van der Waals surface area contributed by atoms with E-state index in [1.165, 1.54) is 12.1 Å². The molecule has 22 heavy (non-hydrogen) atoms. The summed E-state index contributed by atoms with van der Waals surface area (Å²) >= 11 is 0. The van der Waals surface area contributed by atoms with Crippen molar-refractivity contribution in [1.82, 2.24) is 0 Å². The van der Waals surface area contributed by atoms with Gasteiger partial charge in [0.2, 0.25) is 0 Å². The summed E-state index contributed by atoms with van der Waals surface area (Å²) in [4.78, 5) is 23.0. The highest BCUT2D eigenvalue weighted by Gasteiger charge is 2.46. The van der Waals surface area contributed by atoms with E-state index in [2.05, 4.69) is 0 Å². The number of aliphatic hydroxyl groups excluding tert-OH is 2. The van der Waals surface area contributed by atoms with Gasteiger partial charge in [-0.05, 0) is 11.6 Å². The van der Waals surface area contributed by atoms with Crippen LogP contribution >= 0.6 is 0 Å². The highest BCUT2D eigenvalue weighted by Crippen LogP contribution is 2.33. The summed E-state index contributed by atoms with van der Waals surface area (Å²) in [5.41, 5.74) is -1.73. The van der Waals surface area contributed by atoms with Gasteiger partial charge in [0.15, 0.2) is 11.7 Å². The Morgan fingerprint density at radius 3 is 2.32 bits per heavy atom. The molecule has 0 amide bonds. The lowest BCUT2D eigenvalue weighted by atomic mass is 9.87. The lowest BCUT2D eigenvalue weighted by molar-refractivity contribution is -0.183. The first-order valence-electron chi connectivity index (χ1n) is 6.60. The van der Waals surface area contributed by atoms with E-state index in [0.717, 1.165) is 12.2 Å². The van der Waals surface area contributed by atoms with Crippen LogP contribution in [0.25, 0.3) is 0 Å². The van der Waals surface area contributed by atoms with Crippen LogP contribution in [0.15, 0.2) is 42.5 Å². The van der Waals surface area contributed by atoms with Crippen molar-refractivity contribution in [2.75, 3.05) is 0 Å². The van der Waals surface area contributed by atoms with Gasteiger partial charge in [-0.1, -0.05) is 36.4 Å². The lowest BCUT2D eigenvalue weighted by Crippen LogP contribution is -2.49. The molecule has 0 spiro atoms. The molecule has 118 valence electrons. The molecule has 0 saturated carbocycles. The van der Waals surface area contributed by atoms with E-state index < -0.39 is 42.3 Å². The first-order valence-corrected chi connectivity index (χ1v) is 6.60. The summed E-state index contributed by atoms with van der Waals surface area (Å²) in [6.07, 6.45) is -2.36. The molecule has 0 radical (unpaired) electrons. The van der Waals surface area contributed by atoms with Crippen molar-refractivity contribution in [2.24, 2.45) is 0 Å². The quantitative estimate of drug-likeness (QED) is 0.578. The second-order valence-corrected chi connectivity index (χ2v) is 5.06. The predicted molar refractivity (Wildman–Crippen MR) is 74.0 cm³/mol. The van der Waals surface area contributed by atoms with Gasteiger partial charge in [0.05, 0.1) is 12.2 Å². The maximum atomic E-state index is 11.6. The summed E-state index contributed by atoms with van der Waals surface area (Å²) < 4.78 is 5.35. The smallest absolute Gasteiger partial charge is 0.340 e. The van der Waals surface area contributed by atoms with Gasteiger partial charge in [-0.2, -0.15) is 0 Å². The van der Waals surface area contributed by atoms with E-state index in [-0.39, 0.29) is 5.56 Å². The Labute approximate surface area is 126 Å². The molecule has 7 nitrogen and oxygen atoms in total. The van der Waals surface area contributed by atoms with Crippen LogP contribution in [0.1, 0.15) is 18.1 Å². The first-order chi connectivity index (χ1) is 10.4. The van der Waals surface area contributed by atoms with Gasteiger partial charge >= 0.3 is 11.9 Å². The average molecular weight is 308 g/mol. The van der Waals surface area contributed by atoms with Crippen LogP contribution in [0.2, 0.25) is 0 Å². The predicted octanol–water partition coefficient (Wildman–Crippen LogP) is 0.334.